The first kappa shape index (κ1) is 11.1. The zero-order valence-electron chi connectivity index (χ0n) is 9.24. The summed E-state index contributed by atoms with van der Waals surface area (Å²) in [5.41, 5.74) is 0.934. The van der Waals surface area contributed by atoms with Crippen LogP contribution in [0, 0.1) is 0 Å². The van der Waals surface area contributed by atoms with E-state index in [1.807, 2.05) is 20.9 Å². The van der Waals surface area contributed by atoms with Crippen molar-refractivity contribution in [2.45, 2.75) is 26.0 Å². The standard InChI is InChI=1S/C9H18N4O/c1-9(2,14-4)7-10-5-8-6-11-12-13(8)3/h6,10H,5,7H2,1-4H3. The second-order valence-electron chi connectivity index (χ2n) is 3.92. The second-order valence-corrected chi connectivity index (χ2v) is 3.92. The van der Waals surface area contributed by atoms with Gasteiger partial charge in [-0.2, -0.15) is 0 Å². The van der Waals surface area contributed by atoms with Crippen molar-refractivity contribution in [1.29, 1.82) is 0 Å². The van der Waals surface area contributed by atoms with E-state index in [0.29, 0.717) is 0 Å². The molecule has 0 aliphatic rings. The molecule has 0 aliphatic carbocycles. The number of nitrogens with zero attached hydrogens (tertiary/aromatic N) is 3. The lowest BCUT2D eigenvalue weighted by Gasteiger charge is -2.23. The summed E-state index contributed by atoms with van der Waals surface area (Å²) in [6.07, 6.45) is 1.76. The summed E-state index contributed by atoms with van der Waals surface area (Å²) in [6, 6.07) is 0. The van der Waals surface area contributed by atoms with Crippen LogP contribution in [-0.2, 0) is 18.3 Å². The Morgan fingerprint density at radius 1 is 1.57 bits per heavy atom. The molecule has 1 rings (SSSR count). The van der Waals surface area contributed by atoms with Crippen LogP contribution < -0.4 is 5.32 Å². The van der Waals surface area contributed by atoms with Crippen molar-refractivity contribution in [1.82, 2.24) is 20.3 Å². The van der Waals surface area contributed by atoms with E-state index < -0.39 is 0 Å². The number of ether oxygens (including phenoxy) is 1. The van der Waals surface area contributed by atoms with Crippen molar-refractivity contribution in [3.8, 4) is 0 Å². The molecule has 0 amide bonds. The van der Waals surface area contributed by atoms with E-state index >= 15 is 0 Å². The number of hydrogen-bond donors (Lipinski definition) is 1. The van der Waals surface area contributed by atoms with Crippen LogP contribution in [0.3, 0.4) is 0 Å². The van der Waals surface area contributed by atoms with Gasteiger partial charge in [0, 0.05) is 27.2 Å². The van der Waals surface area contributed by atoms with Crippen LogP contribution in [0.4, 0.5) is 0 Å². The Kier molecular flexibility index (Phi) is 3.60. The minimum absolute atomic E-state index is 0.133. The quantitative estimate of drug-likeness (QED) is 0.740. The molecule has 5 nitrogen and oxygen atoms in total. The highest BCUT2D eigenvalue weighted by molar-refractivity contribution is 4.92. The molecule has 0 aromatic carbocycles. The first-order valence-corrected chi connectivity index (χ1v) is 4.64. The lowest BCUT2D eigenvalue weighted by molar-refractivity contribution is 0.0229. The Morgan fingerprint density at radius 3 is 2.79 bits per heavy atom. The molecule has 5 heteroatoms. The zero-order chi connectivity index (χ0) is 10.6. The van der Waals surface area contributed by atoms with Gasteiger partial charge < -0.3 is 10.1 Å². The van der Waals surface area contributed by atoms with E-state index in [0.717, 1.165) is 18.8 Å². The van der Waals surface area contributed by atoms with Crippen molar-refractivity contribution in [3.63, 3.8) is 0 Å². The fourth-order valence-corrected chi connectivity index (χ4v) is 1.03. The average Bonchev–Trinajstić information content (AvgIpc) is 2.52. The summed E-state index contributed by atoms with van der Waals surface area (Å²) < 4.78 is 7.04. The van der Waals surface area contributed by atoms with Gasteiger partial charge in [-0.3, -0.25) is 4.68 Å². The van der Waals surface area contributed by atoms with Crippen LogP contribution in [0.1, 0.15) is 19.5 Å². The van der Waals surface area contributed by atoms with E-state index in [2.05, 4.69) is 15.6 Å². The van der Waals surface area contributed by atoms with Gasteiger partial charge in [0.05, 0.1) is 17.5 Å². The maximum Gasteiger partial charge on any atom is 0.0746 e. The lowest BCUT2D eigenvalue weighted by atomic mass is 10.1. The van der Waals surface area contributed by atoms with Gasteiger partial charge in [0.25, 0.3) is 0 Å². The van der Waals surface area contributed by atoms with Crippen LogP contribution in [0.2, 0.25) is 0 Å². The Morgan fingerprint density at radius 2 is 2.29 bits per heavy atom. The molecule has 0 saturated heterocycles. The molecule has 0 bridgehead atoms. The maximum absolute atomic E-state index is 5.29. The highest BCUT2D eigenvalue weighted by Gasteiger charge is 2.15. The summed E-state index contributed by atoms with van der Waals surface area (Å²) in [7, 11) is 3.60. The topological polar surface area (TPSA) is 52.0 Å². The minimum atomic E-state index is -0.133. The van der Waals surface area contributed by atoms with Crippen molar-refractivity contribution in [2.24, 2.45) is 7.05 Å². The molecular weight excluding hydrogens is 180 g/mol. The van der Waals surface area contributed by atoms with Gasteiger partial charge in [-0.25, -0.2) is 0 Å². The summed E-state index contributed by atoms with van der Waals surface area (Å²) in [6.45, 7) is 5.65. The number of aromatic nitrogens is 3. The predicted octanol–water partition coefficient (Wildman–Crippen LogP) is 0.330. The van der Waals surface area contributed by atoms with E-state index in [9.17, 15) is 0 Å². The normalized spacial score (nSPS) is 12.0. The van der Waals surface area contributed by atoms with Crippen molar-refractivity contribution < 1.29 is 4.74 Å². The molecule has 1 N–H and O–H groups in total. The number of nitrogens with one attached hydrogen (secondary N) is 1. The summed E-state index contributed by atoms with van der Waals surface area (Å²) in [4.78, 5) is 0. The Bertz CT molecular complexity index is 282. The summed E-state index contributed by atoms with van der Waals surface area (Å²) in [5.74, 6) is 0. The number of methoxy groups -OCH3 is 1. The van der Waals surface area contributed by atoms with E-state index in [1.165, 1.54) is 0 Å². The third-order valence-corrected chi connectivity index (χ3v) is 2.22. The molecule has 1 aromatic heterocycles. The van der Waals surface area contributed by atoms with Crippen LogP contribution >= 0.6 is 0 Å². The fraction of sp³-hybridized carbons (Fsp3) is 0.778. The Balaban J connectivity index is 2.32. The largest absolute Gasteiger partial charge is 0.377 e. The molecule has 0 radical (unpaired) electrons. The molecule has 80 valence electrons. The first-order chi connectivity index (χ1) is 6.55. The molecule has 1 heterocycles. The number of hydrogen-bond acceptors (Lipinski definition) is 4. The van der Waals surface area contributed by atoms with Gasteiger partial charge in [-0.15, -0.1) is 5.10 Å². The molecule has 0 spiro atoms. The van der Waals surface area contributed by atoms with E-state index in [-0.39, 0.29) is 5.60 Å². The highest BCUT2D eigenvalue weighted by atomic mass is 16.5. The van der Waals surface area contributed by atoms with Crippen LogP contribution in [0.25, 0.3) is 0 Å². The molecule has 0 aliphatic heterocycles. The molecule has 0 atom stereocenters. The third kappa shape index (κ3) is 3.08. The van der Waals surface area contributed by atoms with Gasteiger partial charge in [-0.1, -0.05) is 5.21 Å². The smallest absolute Gasteiger partial charge is 0.0746 e. The Labute approximate surface area is 84.4 Å². The molecule has 0 saturated carbocycles. The van der Waals surface area contributed by atoms with Gasteiger partial charge in [0.2, 0.25) is 0 Å². The maximum atomic E-state index is 5.29. The van der Waals surface area contributed by atoms with Crippen LogP contribution in [-0.4, -0.2) is 34.2 Å². The predicted molar refractivity (Wildman–Crippen MR) is 53.8 cm³/mol. The molecule has 1 aromatic rings. The van der Waals surface area contributed by atoms with E-state index in [1.54, 1.807) is 18.0 Å². The summed E-state index contributed by atoms with van der Waals surface area (Å²) >= 11 is 0. The monoisotopic (exact) mass is 198 g/mol. The van der Waals surface area contributed by atoms with Crippen LogP contribution in [0.15, 0.2) is 6.20 Å². The molecule has 14 heavy (non-hydrogen) atoms. The second kappa shape index (κ2) is 4.52. The van der Waals surface area contributed by atoms with Crippen molar-refractivity contribution >= 4 is 0 Å². The lowest BCUT2D eigenvalue weighted by Crippen LogP contribution is -2.36. The van der Waals surface area contributed by atoms with Crippen molar-refractivity contribution in [2.75, 3.05) is 13.7 Å². The van der Waals surface area contributed by atoms with Gasteiger partial charge >= 0.3 is 0 Å². The third-order valence-electron chi connectivity index (χ3n) is 2.22. The highest BCUT2D eigenvalue weighted by Crippen LogP contribution is 2.05. The molecular formula is C9H18N4O. The SMILES string of the molecule is COC(C)(C)CNCc1cnnn1C. The van der Waals surface area contributed by atoms with Gasteiger partial charge in [0.15, 0.2) is 0 Å². The van der Waals surface area contributed by atoms with Crippen LogP contribution in [0.5, 0.6) is 0 Å². The minimum Gasteiger partial charge on any atom is -0.377 e. The molecule has 0 unspecified atom stereocenters. The van der Waals surface area contributed by atoms with Crippen molar-refractivity contribution in [3.05, 3.63) is 11.9 Å². The average molecular weight is 198 g/mol. The molecule has 0 fully saturated rings. The fourth-order valence-electron chi connectivity index (χ4n) is 1.03. The van der Waals surface area contributed by atoms with Gasteiger partial charge in [-0.05, 0) is 13.8 Å². The van der Waals surface area contributed by atoms with Gasteiger partial charge in [0.1, 0.15) is 0 Å². The number of aryl methyl sites for hydroxylation is 1. The Hall–Kier alpha value is -0.940. The first-order valence-electron chi connectivity index (χ1n) is 4.64. The zero-order valence-corrected chi connectivity index (χ0v) is 9.24. The summed E-state index contributed by atoms with van der Waals surface area (Å²) in [5, 5.41) is 10.9. The number of rotatable bonds is 5. The van der Waals surface area contributed by atoms with E-state index in [4.69, 9.17) is 4.74 Å².